The first kappa shape index (κ1) is 14.8. The summed E-state index contributed by atoms with van der Waals surface area (Å²) in [5.41, 5.74) is 2.87. The molecule has 1 amide bonds. The highest BCUT2D eigenvalue weighted by molar-refractivity contribution is 5.94. The average Bonchev–Trinajstić information content (AvgIpc) is 2.46. The smallest absolute Gasteiger partial charge is 0.226 e. The fraction of sp³-hybridized carbons (Fsp3) is 0.533. The number of nitrogens with one attached hydrogen (secondary N) is 1. The van der Waals surface area contributed by atoms with E-state index in [4.69, 9.17) is 5.11 Å². The average molecular weight is 278 g/mol. The highest BCUT2D eigenvalue weighted by Crippen LogP contribution is 2.26. The second-order valence-corrected chi connectivity index (χ2v) is 5.22. The molecule has 1 atom stereocenters. The van der Waals surface area contributed by atoms with Crippen LogP contribution in [0.25, 0.3) is 0 Å². The van der Waals surface area contributed by atoms with Crippen LogP contribution in [0.1, 0.15) is 24.8 Å². The molecule has 0 radical (unpaired) electrons. The Kier molecular flexibility index (Phi) is 4.98. The summed E-state index contributed by atoms with van der Waals surface area (Å²) in [7, 11) is 0. The number of hydrogen-bond acceptors (Lipinski definition) is 4. The molecule has 2 rings (SSSR count). The highest BCUT2D eigenvalue weighted by Gasteiger charge is 2.20. The van der Waals surface area contributed by atoms with Gasteiger partial charge in [0.2, 0.25) is 5.91 Å². The van der Waals surface area contributed by atoms with Crippen molar-refractivity contribution in [3.8, 4) is 0 Å². The van der Waals surface area contributed by atoms with Gasteiger partial charge in [-0.05, 0) is 43.5 Å². The summed E-state index contributed by atoms with van der Waals surface area (Å²) in [6.07, 6.45) is 1.89. The number of nitrogens with zero attached hydrogens (tertiary/aromatic N) is 1. The molecule has 5 heteroatoms. The molecule has 0 aromatic heterocycles. The summed E-state index contributed by atoms with van der Waals surface area (Å²) in [6.45, 7) is 2.81. The van der Waals surface area contributed by atoms with Crippen LogP contribution >= 0.6 is 0 Å². The SMILES string of the molecule is Cc1cc(NCC(O)CO)ccc1N1CCCCC1=O. The predicted octanol–water partition coefficient (Wildman–Crippen LogP) is 1.28. The number of aliphatic hydroxyl groups is 2. The van der Waals surface area contributed by atoms with Crippen molar-refractivity contribution in [3.05, 3.63) is 23.8 Å². The normalized spacial score (nSPS) is 17.1. The zero-order valence-electron chi connectivity index (χ0n) is 11.8. The molecule has 20 heavy (non-hydrogen) atoms. The van der Waals surface area contributed by atoms with E-state index in [0.717, 1.165) is 36.3 Å². The standard InChI is InChI=1S/C15H22N2O3/c1-11-8-12(16-9-13(19)10-18)5-6-14(11)17-7-3-2-4-15(17)20/h5-6,8,13,16,18-19H,2-4,7,9-10H2,1H3. The maximum absolute atomic E-state index is 11.9. The molecule has 1 aromatic rings. The van der Waals surface area contributed by atoms with E-state index in [1.165, 1.54) is 0 Å². The van der Waals surface area contributed by atoms with Crippen molar-refractivity contribution in [1.82, 2.24) is 0 Å². The van der Waals surface area contributed by atoms with E-state index >= 15 is 0 Å². The Balaban J connectivity index is 2.07. The summed E-state index contributed by atoms with van der Waals surface area (Å²) in [6, 6.07) is 5.79. The van der Waals surface area contributed by atoms with E-state index in [0.29, 0.717) is 13.0 Å². The second-order valence-electron chi connectivity index (χ2n) is 5.22. The number of hydrogen-bond donors (Lipinski definition) is 3. The summed E-state index contributed by atoms with van der Waals surface area (Å²) in [5, 5.41) is 21.2. The van der Waals surface area contributed by atoms with Crippen LogP contribution < -0.4 is 10.2 Å². The van der Waals surface area contributed by atoms with Crippen LogP contribution in [0.15, 0.2) is 18.2 Å². The Bertz CT molecular complexity index is 476. The number of aryl methyl sites for hydroxylation is 1. The topological polar surface area (TPSA) is 72.8 Å². The second kappa shape index (κ2) is 6.72. The number of carbonyl (C=O) groups is 1. The quantitative estimate of drug-likeness (QED) is 0.758. The van der Waals surface area contributed by atoms with Gasteiger partial charge in [0.15, 0.2) is 0 Å². The zero-order valence-corrected chi connectivity index (χ0v) is 11.8. The Morgan fingerprint density at radius 2 is 2.20 bits per heavy atom. The summed E-state index contributed by atoms with van der Waals surface area (Å²) >= 11 is 0. The van der Waals surface area contributed by atoms with E-state index < -0.39 is 6.10 Å². The van der Waals surface area contributed by atoms with E-state index in [9.17, 15) is 9.90 Å². The molecular formula is C15H22N2O3. The van der Waals surface area contributed by atoms with E-state index in [1.807, 2.05) is 30.0 Å². The molecule has 3 N–H and O–H groups in total. The van der Waals surface area contributed by atoms with Crippen molar-refractivity contribution in [2.24, 2.45) is 0 Å². The molecule has 110 valence electrons. The van der Waals surface area contributed by atoms with Crippen molar-refractivity contribution in [2.75, 3.05) is 29.9 Å². The molecule has 1 aliphatic heterocycles. The van der Waals surface area contributed by atoms with Crippen molar-refractivity contribution >= 4 is 17.3 Å². The molecule has 1 aliphatic rings. The summed E-state index contributed by atoms with van der Waals surface area (Å²) in [4.78, 5) is 13.8. The van der Waals surface area contributed by atoms with Crippen molar-refractivity contribution in [3.63, 3.8) is 0 Å². The van der Waals surface area contributed by atoms with Gasteiger partial charge in [-0.1, -0.05) is 0 Å². The Morgan fingerprint density at radius 1 is 1.40 bits per heavy atom. The first-order chi connectivity index (χ1) is 9.61. The van der Waals surface area contributed by atoms with Crippen molar-refractivity contribution in [2.45, 2.75) is 32.3 Å². The van der Waals surface area contributed by atoms with Gasteiger partial charge >= 0.3 is 0 Å². The van der Waals surface area contributed by atoms with Gasteiger partial charge in [0, 0.05) is 30.9 Å². The first-order valence-corrected chi connectivity index (χ1v) is 7.05. The lowest BCUT2D eigenvalue weighted by molar-refractivity contribution is -0.119. The van der Waals surface area contributed by atoms with Gasteiger partial charge in [-0.15, -0.1) is 0 Å². The van der Waals surface area contributed by atoms with Gasteiger partial charge in [-0.2, -0.15) is 0 Å². The third kappa shape index (κ3) is 3.49. The van der Waals surface area contributed by atoms with Crippen LogP contribution in [0.4, 0.5) is 11.4 Å². The third-order valence-corrected chi connectivity index (χ3v) is 3.56. The Labute approximate surface area is 119 Å². The molecule has 1 aromatic carbocycles. The maximum atomic E-state index is 11.9. The van der Waals surface area contributed by atoms with Crippen LogP contribution in [-0.4, -0.2) is 41.9 Å². The lowest BCUT2D eigenvalue weighted by Gasteiger charge is -2.28. The van der Waals surface area contributed by atoms with Gasteiger partial charge in [-0.3, -0.25) is 4.79 Å². The Hall–Kier alpha value is -1.59. The van der Waals surface area contributed by atoms with Crippen LogP contribution in [-0.2, 0) is 4.79 Å². The lowest BCUT2D eigenvalue weighted by atomic mass is 10.1. The molecule has 1 heterocycles. The van der Waals surface area contributed by atoms with Gasteiger partial charge < -0.3 is 20.4 Å². The number of aliphatic hydroxyl groups excluding tert-OH is 2. The molecule has 0 saturated carbocycles. The molecule has 0 spiro atoms. The number of amides is 1. The molecule has 5 nitrogen and oxygen atoms in total. The fourth-order valence-corrected chi connectivity index (χ4v) is 2.43. The highest BCUT2D eigenvalue weighted by atomic mass is 16.3. The molecular weight excluding hydrogens is 256 g/mol. The number of anilines is 2. The monoisotopic (exact) mass is 278 g/mol. The summed E-state index contributed by atoms with van der Waals surface area (Å²) < 4.78 is 0. The number of piperidine rings is 1. The minimum absolute atomic E-state index is 0.191. The maximum Gasteiger partial charge on any atom is 0.226 e. The minimum Gasteiger partial charge on any atom is -0.394 e. The minimum atomic E-state index is -0.765. The molecule has 1 fully saturated rings. The van der Waals surface area contributed by atoms with Gasteiger partial charge in [0.25, 0.3) is 0 Å². The van der Waals surface area contributed by atoms with Crippen LogP contribution in [0, 0.1) is 6.92 Å². The predicted molar refractivity (Wildman–Crippen MR) is 79.0 cm³/mol. The number of carbonyl (C=O) groups excluding carboxylic acids is 1. The van der Waals surface area contributed by atoms with E-state index in [1.54, 1.807) is 0 Å². The van der Waals surface area contributed by atoms with E-state index in [2.05, 4.69) is 5.32 Å². The van der Waals surface area contributed by atoms with Crippen molar-refractivity contribution in [1.29, 1.82) is 0 Å². The third-order valence-electron chi connectivity index (χ3n) is 3.56. The molecule has 0 aliphatic carbocycles. The van der Waals surface area contributed by atoms with Crippen molar-refractivity contribution < 1.29 is 15.0 Å². The van der Waals surface area contributed by atoms with Crippen LogP contribution in [0.5, 0.6) is 0 Å². The molecule has 1 unspecified atom stereocenters. The first-order valence-electron chi connectivity index (χ1n) is 7.05. The van der Waals surface area contributed by atoms with Crippen LogP contribution in [0.3, 0.4) is 0 Å². The summed E-state index contributed by atoms with van der Waals surface area (Å²) in [5.74, 6) is 0.191. The Morgan fingerprint density at radius 3 is 2.85 bits per heavy atom. The number of rotatable bonds is 5. The van der Waals surface area contributed by atoms with Crippen LogP contribution in [0.2, 0.25) is 0 Å². The van der Waals surface area contributed by atoms with Gasteiger partial charge in [-0.25, -0.2) is 0 Å². The molecule has 1 saturated heterocycles. The van der Waals surface area contributed by atoms with Gasteiger partial charge in [0.1, 0.15) is 0 Å². The molecule has 0 bridgehead atoms. The zero-order chi connectivity index (χ0) is 14.5. The van der Waals surface area contributed by atoms with Gasteiger partial charge in [0.05, 0.1) is 12.7 Å². The number of benzene rings is 1. The lowest BCUT2D eigenvalue weighted by Crippen LogP contribution is -2.35. The van der Waals surface area contributed by atoms with E-state index in [-0.39, 0.29) is 12.5 Å². The largest absolute Gasteiger partial charge is 0.394 e. The fourth-order valence-electron chi connectivity index (χ4n) is 2.43.